The molecule has 11 heavy (non-hydrogen) atoms. The van der Waals surface area contributed by atoms with E-state index in [1.54, 1.807) is 0 Å². The molecule has 0 unspecified atom stereocenters. The minimum Gasteiger partial charge on any atom is -0.337 e. The zero-order valence-electron chi connectivity index (χ0n) is 6.96. The smallest absolute Gasteiger partial charge is 0.120 e. The van der Waals surface area contributed by atoms with E-state index in [-0.39, 0.29) is 0 Å². The third kappa shape index (κ3) is 1.27. The van der Waals surface area contributed by atoms with Crippen LogP contribution in [0.4, 0.5) is 0 Å². The fourth-order valence-electron chi connectivity index (χ4n) is 1.29. The zero-order chi connectivity index (χ0) is 8.27. The van der Waals surface area contributed by atoms with Crippen molar-refractivity contribution in [2.24, 2.45) is 0 Å². The van der Waals surface area contributed by atoms with Crippen LogP contribution in [0.5, 0.6) is 0 Å². The molecule has 0 aliphatic carbocycles. The Kier molecular flexibility index (Phi) is 2.32. The maximum Gasteiger partial charge on any atom is 0.120 e. The number of rotatable bonds is 2. The average Bonchev–Trinajstić information content (AvgIpc) is 2.45. The standard InChI is InChI=1S/C9H12N2/c1-3-8-5-6-9(7-10)11(8)4-2/h5-6H,3-4H2,1-2H3. The first-order valence-electron chi connectivity index (χ1n) is 3.92. The normalized spacial score (nSPS) is 9.55. The minimum atomic E-state index is 0.768. The van der Waals surface area contributed by atoms with E-state index in [9.17, 15) is 0 Å². The molecule has 0 N–H and O–H groups in total. The summed E-state index contributed by atoms with van der Waals surface area (Å²) in [5.74, 6) is 0. The van der Waals surface area contributed by atoms with Gasteiger partial charge < -0.3 is 4.57 Å². The molecule has 0 aromatic carbocycles. The van der Waals surface area contributed by atoms with Gasteiger partial charge in [-0.1, -0.05) is 6.92 Å². The molecule has 1 heterocycles. The molecule has 2 heteroatoms. The number of nitrogens with zero attached hydrogens (tertiary/aromatic N) is 2. The van der Waals surface area contributed by atoms with Crippen molar-refractivity contribution < 1.29 is 0 Å². The van der Waals surface area contributed by atoms with Gasteiger partial charge in [0.2, 0.25) is 0 Å². The summed E-state index contributed by atoms with van der Waals surface area (Å²) in [5.41, 5.74) is 2.01. The van der Waals surface area contributed by atoms with Crippen LogP contribution < -0.4 is 0 Å². The largest absolute Gasteiger partial charge is 0.337 e. The second kappa shape index (κ2) is 3.25. The third-order valence-electron chi connectivity index (χ3n) is 1.86. The average molecular weight is 148 g/mol. The van der Waals surface area contributed by atoms with Crippen molar-refractivity contribution >= 4 is 0 Å². The zero-order valence-corrected chi connectivity index (χ0v) is 6.96. The van der Waals surface area contributed by atoms with Crippen LogP contribution in [0.25, 0.3) is 0 Å². The van der Waals surface area contributed by atoms with Crippen LogP contribution in [0.1, 0.15) is 25.2 Å². The Bertz CT molecular complexity index is 278. The van der Waals surface area contributed by atoms with Crippen molar-refractivity contribution in [1.82, 2.24) is 4.57 Å². The van der Waals surface area contributed by atoms with Gasteiger partial charge in [-0.15, -0.1) is 0 Å². The van der Waals surface area contributed by atoms with E-state index in [0.29, 0.717) is 0 Å². The molecule has 0 saturated carbocycles. The molecule has 0 amide bonds. The van der Waals surface area contributed by atoms with Crippen LogP contribution >= 0.6 is 0 Å². The van der Waals surface area contributed by atoms with E-state index in [1.807, 2.05) is 16.7 Å². The molecular formula is C9H12N2. The van der Waals surface area contributed by atoms with Gasteiger partial charge in [-0.25, -0.2) is 0 Å². The summed E-state index contributed by atoms with van der Waals surface area (Å²) < 4.78 is 2.04. The van der Waals surface area contributed by atoms with Gasteiger partial charge in [0.25, 0.3) is 0 Å². The molecule has 0 spiro atoms. The van der Waals surface area contributed by atoms with E-state index >= 15 is 0 Å². The maximum atomic E-state index is 8.69. The lowest BCUT2D eigenvalue weighted by molar-refractivity contribution is 0.712. The molecular weight excluding hydrogens is 136 g/mol. The third-order valence-corrected chi connectivity index (χ3v) is 1.86. The highest BCUT2D eigenvalue weighted by molar-refractivity contribution is 5.26. The number of aryl methyl sites for hydroxylation is 1. The van der Waals surface area contributed by atoms with Crippen molar-refractivity contribution in [2.45, 2.75) is 26.8 Å². The van der Waals surface area contributed by atoms with Gasteiger partial charge in [0.1, 0.15) is 11.8 Å². The van der Waals surface area contributed by atoms with Crippen LogP contribution in [0, 0.1) is 11.3 Å². The van der Waals surface area contributed by atoms with Gasteiger partial charge in [0.05, 0.1) is 0 Å². The molecule has 2 nitrogen and oxygen atoms in total. The Balaban J connectivity index is 3.12. The Morgan fingerprint density at radius 2 is 2.18 bits per heavy atom. The highest BCUT2D eigenvalue weighted by Crippen LogP contribution is 2.08. The minimum absolute atomic E-state index is 0.768. The lowest BCUT2D eigenvalue weighted by Crippen LogP contribution is -2.01. The molecule has 0 atom stereocenters. The van der Waals surface area contributed by atoms with Gasteiger partial charge in [0.15, 0.2) is 0 Å². The van der Waals surface area contributed by atoms with Crippen molar-refractivity contribution in [3.63, 3.8) is 0 Å². The lowest BCUT2D eigenvalue weighted by atomic mass is 10.3. The van der Waals surface area contributed by atoms with Crippen molar-refractivity contribution in [3.05, 3.63) is 23.5 Å². The predicted octanol–water partition coefficient (Wildman–Crippen LogP) is 1.94. The molecule has 0 fully saturated rings. The molecule has 0 aliphatic rings. The van der Waals surface area contributed by atoms with Gasteiger partial charge in [-0.2, -0.15) is 5.26 Å². The van der Waals surface area contributed by atoms with Crippen molar-refractivity contribution in [1.29, 1.82) is 5.26 Å². The monoisotopic (exact) mass is 148 g/mol. The summed E-state index contributed by atoms with van der Waals surface area (Å²) in [6.45, 7) is 5.04. The predicted molar refractivity (Wildman–Crippen MR) is 44.2 cm³/mol. The first kappa shape index (κ1) is 7.87. The molecule has 0 saturated heterocycles. The van der Waals surface area contributed by atoms with Gasteiger partial charge in [-0.3, -0.25) is 0 Å². The van der Waals surface area contributed by atoms with E-state index in [2.05, 4.69) is 19.9 Å². The second-order valence-corrected chi connectivity index (χ2v) is 2.42. The van der Waals surface area contributed by atoms with Crippen LogP contribution in [0.15, 0.2) is 12.1 Å². The summed E-state index contributed by atoms with van der Waals surface area (Å²) in [7, 11) is 0. The Morgan fingerprint density at radius 3 is 2.64 bits per heavy atom. The molecule has 1 aromatic rings. The molecule has 58 valence electrons. The van der Waals surface area contributed by atoms with E-state index in [1.165, 1.54) is 5.69 Å². The molecule has 0 radical (unpaired) electrons. The summed E-state index contributed by atoms with van der Waals surface area (Å²) in [6.07, 6.45) is 0.996. The molecule has 0 aliphatic heterocycles. The lowest BCUT2D eigenvalue weighted by Gasteiger charge is -2.03. The highest BCUT2D eigenvalue weighted by Gasteiger charge is 2.02. The highest BCUT2D eigenvalue weighted by atomic mass is 15.0. The number of nitriles is 1. The first-order valence-corrected chi connectivity index (χ1v) is 3.92. The number of hydrogen-bond donors (Lipinski definition) is 0. The summed E-state index contributed by atoms with van der Waals surface area (Å²) in [5, 5.41) is 8.69. The summed E-state index contributed by atoms with van der Waals surface area (Å²) in [4.78, 5) is 0. The fourth-order valence-corrected chi connectivity index (χ4v) is 1.29. The van der Waals surface area contributed by atoms with E-state index < -0.39 is 0 Å². The summed E-state index contributed by atoms with van der Waals surface area (Å²) in [6, 6.07) is 6.06. The molecule has 0 bridgehead atoms. The Labute approximate surface area is 67.1 Å². The van der Waals surface area contributed by atoms with Crippen molar-refractivity contribution in [2.75, 3.05) is 0 Å². The number of aromatic nitrogens is 1. The van der Waals surface area contributed by atoms with Crippen LogP contribution in [-0.4, -0.2) is 4.57 Å². The van der Waals surface area contributed by atoms with Crippen LogP contribution in [0.3, 0.4) is 0 Å². The van der Waals surface area contributed by atoms with Gasteiger partial charge in [-0.05, 0) is 25.5 Å². The number of hydrogen-bond acceptors (Lipinski definition) is 1. The first-order chi connectivity index (χ1) is 5.33. The summed E-state index contributed by atoms with van der Waals surface area (Å²) >= 11 is 0. The van der Waals surface area contributed by atoms with Crippen LogP contribution in [0.2, 0.25) is 0 Å². The van der Waals surface area contributed by atoms with Crippen LogP contribution in [-0.2, 0) is 13.0 Å². The maximum absolute atomic E-state index is 8.69. The quantitative estimate of drug-likeness (QED) is 0.630. The van der Waals surface area contributed by atoms with Gasteiger partial charge >= 0.3 is 0 Å². The topological polar surface area (TPSA) is 28.7 Å². The molecule has 1 rings (SSSR count). The van der Waals surface area contributed by atoms with E-state index in [4.69, 9.17) is 5.26 Å². The second-order valence-electron chi connectivity index (χ2n) is 2.42. The van der Waals surface area contributed by atoms with Crippen molar-refractivity contribution in [3.8, 4) is 6.07 Å². The van der Waals surface area contributed by atoms with Gasteiger partial charge in [0, 0.05) is 12.2 Å². The molecule has 1 aromatic heterocycles. The van der Waals surface area contributed by atoms with E-state index in [0.717, 1.165) is 18.7 Å². The Hall–Kier alpha value is -1.23. The fraction of sp³-hybridized carbons (Fsp3) is 0.444. The Morgan fingerprint density at radius 1 is 1.45 bits per heavy atom. The SMILES string of the molecule is CCc1ccc(C#N)n1CC.